The van der Waals surface area contributed by atoms with Crippen LogP contribution in [0.5, 0.6) is 0 Å². The van der Waals surface area contributed by atoms with Crippen molar-refractivity contribution in [1.82, 2.24) is 4.57 Å². The largest absolute Gasteiger partial charge is 0.311 e. The number of hydrogen-bond acceptors (Lipinski definition) is 2. The molecule has 0 bridgehead atoms. The summed E-state index contributed by atoms with van der Waals surface area (Å²) >= 11 is 0. The Morgan fingerprint density at radius 1 is 0.383 bits per heavy atom. The van der Waals surface area contributed by atoms with Crippen LogP contribution in [0.4, 0.5) is 34.1 Å². The number of hydrogen-bond donors (Lipinski definition) is 0. The van der Waals surface area contributed by atoms with Crippen LogP contribution in [-0.2, 0) is 27.1 Å². The smallest absolute Gasteiger partial charge is 0.252 e. The molecule has 0 saturated heterocycles. The van der Waals surface area contributed by atoms with Crippen LogP contribution in [0.3, 0.4) is 0 Å². The lowest BCUT2D eigenvalue weighted by atomic mass is 9.33. The maximum atomic E-state index is 2.72. The molecule has 0 fully saturated rings. The molecule has 0 N–H and O–H groups in total. The van der Waals surface area contributed by atoms with Crippen LogP contribution in [0.15, 0.2) is 158 Å². The van der Waals surface area contributed by atoms with Crippen molar-refractivity contribution in [2.45, 2.75) is 152 Å². The molecule has 0 spiro atoms. The van der Waals surface area contributed by atoms with Gasteiger partial charge >= 0.3 is 0 Å². The average molecular weight is 1060 g/mol. The van der Waals surface area contributed by atoms with E-state index in [1.165, 1.54) is 150 Å². The van der Waals surface area contributed by atoms with Gasteiger partial charge in [0.1, 0.15) is 0 Å². The Hall–Kier alpha value is -7.56. The molecule has 0 saturated carbocycles. The molecule has 0 radical (unpaired) electrons. The molecule has 0 amide bonds. The van der Waals surface area contributed by atoms with Gasteiger partial charge in [-0.25, -0.2) is 0 Å². The zero-order chi connectivity index (χ0) is 57.4. The van der Waals surface area contributed by atoms with Crippen molar-refractivity contribution in [2.75, 3.05) is 9.80 Å². The fraction of sp³-hybridized carbons (Fsp3) is 0.299. The molecular formula is C77H80BN3. The minimum absolute atomic E-state index is 0.00556. The third-order valence-electron chi connectivity index (χ3n) is 18.8. The van der Waals surface area contributed by atoms with Crippen molar-refractivity contribution in [1.29, 1.82) is 0 Å². The topological polar surface area (TPSA) is 11.4 Å². The van der Waals surface area contributed by atoms with Crippen LogP contribution in [-0.4, -0.2) is 11.3 Å². The normalized spacial score (nSPS) is 14.6. The standard InChI is InChI=1S/C77H80BN3/c1-45-35-49(55-28-24-30-60-69(55)56-27-22-23-29-59(56)77(60,17)18)36-46(2)71(45)81-66-44-65-58(57-39-50(73(5,6)7)31-33-63(57)79(65)54-25-20-19-21-26-54)43-62(66)78-61-40-51(74(8,9)10)32-34-64(61)80(67-41-53(76(14,15)16)42-68(81)70(67)78)72-47(3)37-52(38-48(72)4)75(11,12)13/h19-44H,1-18H3. The summed E-state index contributed by atoms with van der Waals surface area (Å²) < 4.78 is 2.53. The third-order valence-corrected chi connectivity index (χ3v) is 18.8. The number of rotatable bonds is 4. The van der Waals surface area contributed by atoms with Crippen LogP contribution in [0.1, 0.15) is 153 Å². The first-order valence-corrected chi connectivity index (χ1v) is 29.7. The van der Waals surface area contributed by atoms with Crippen molar-refractivity contribution in [3.63, 3.8) is 0 Å². The second kappa shape index (κ2) is 17.7. The summed E-state index contributed by atoms with van der Waals surface area (Å²) in [6.07, 6.45) is 0. The van der Waals surface area contributed by atoms with Gasteiger partial charge in [-0.2, -0.15) is 0 Å². The van der Waals surface area contributed by atoms with Crippen molar-refractivity contribution < 1.29 is 0 Å². The highest BCUT2D eigenvalue weighted by atomic mass is 15.2. The highest BCUT2D eigenvalue weighted by Crippen LogP contribution is 2.54. The lowest BCUT2D eigenvalue weighted by molar-refractivity contribution is 0.589. The number of anilines is 6. The van der Waals surface area contributed by atoms with Gasteiger partial charge in [-0.05, 0) is 204 Å². The molecule has 1 aromatic heterocycles. The number of aryl methyl sites for hydroxylation is 4. The van der Waals surface area contributed by atoms with E-state index in [9.17, 15) is 0 Å². The van der Waals surface area contributed by atoms with Gasteiger partial charge in [0, 0.05) is 44.6 Å². The predicted molar refractivity (Wildman–Crippen MR) is 352 cm³/mol. The lowest BCUT2D eigenvalue weighted by Gasteiger charge is -2.46. The molecule has 81 heavy (non-hydrogen) atoms. The highest BCUT2D eigenvalue weighted by molar-refractivity contribution is 7.00. The molecule has 4 heteroatoms. The highest BCUT2D eigenvalue weighted by Gasteiger charge is 2.46. The Morgan fingerprint density at radius 2 is 0.877 bits per heavy atom. The van der Waals surface area contributed by atoms with Gasteiger partial charge in [0.05, 0.1) is 22.4 Å². The molecule has 2 aliphatic heterocycles. The van der Waals surface area contributed by atoms with Crippen molar-refractivity contribution in [3.05, 3.63) is 213 Å². The number of nitrogens with zero attached hydrogens (tertiary/aromatic N) is 3. The molecule has 3 nitrogen and oxygen atoms in total. The maximum Gasteiger partial charge on any atom is 0.252 e. The molecule has 0 atom stereocenters. The summed E-state index contributed by atoms with van der Waals surface area (Å²) in [6.45, 7) is 42.4. The van der Waals surface area contributed by atoms with Gasteiger partial charge < -0.3 is 14.4 Å². The minimum atomic E-state index is -0.171. The zero-order valence-electron chi connectivity index (χ0n) is 51.4. The Morgan fingerprint density at radius 3 is 1.49 bits per heavy atom. The second-order valence-electron chi connectivity index (χ2n) is 29.0. The van der Waals surface area contributed by atoms with E-state index in [-0.39, 0.29) is 33.8 Å². The SMILES string of the molecule is Cc1cc(C(C)(C)C)cc(C)c1N1c2ccc(C(C)(C)C)cc2B2c3cc4c5cc(C(C)(C)C)ccc5n(-c5ccccc5)c4cc3N(c3c(C)cc(-c4cccc5c4-c4ccccc4C5(C)C)cc3C)c3cc(C(C)(C)C)cc1c32. The number of aromatic nitrogens is 1. The number of fused-ring (bicyclic) bond motifs is 10. The van der Waals surface area contributed by atoms with E-state index < -0.39 is 0 Å². The first-order valence-electron chi connectivity index (χ1n) is 29.7. The van der Waals surface area contributed by atoms with Crippen molar-refractivity contribution in [3.8, 4) is 27.9 Å². The van der Waals surface area contributed by atoms with Crippen molar-refractivity contribution in [2.24, 2.45) is 0 Å². The van der Waals surface area contributed by atoms with Crippen LogP contribution < -0.4 is 26.2 Å². The van der Waals surface area contributed by atoms with Gasteiger partial charge in [0.25, 0.3) is 6.71 Å². The lowest BCUT2D eigenvalue weighted by Crippen LogP contribution is -2.61. The van der Waals surface area contributed by atoms with Crippen LogP contribution in [0.25, 0.3) is 49.7 Å². The molecule has 3 heterocycles. The molecule has 3 aliphatic rings. The molecule has 9 aromatic carbocycles. The van der Waals surface area contributed by atoms with E-state index in [0.717, 1.165) is 5.69 Å². The second-order valence-corrected chi connectivity index (χ2v) is 29.0. The summed E-state index contributed by atoms with van der Waals surface area (Å²) in [5.41, 5.74) is 33.3. The van der Waals surface area contributed by atoms with Gasteiger partial charge in [-0.1, -0.05) is 194 Å². The number of benzene rings is 9. The van der Waals surface area contributed by atoms with Crippen molar-refractivity contribution >= 4 is 79.0 Å². The Bertz CT molecular complexity index is 4240. The van der Waals surface area contributed by atoms with Crippen LogP contribution in [0.2, 0.25) is 0 Å². The van der Waals surface area contributed by atoms with Crippen LogP contribution >= 0.6 is 0 Å². The molecule has 1 aliphatic carbocycles. The van der Waals surface area contributed by atoms with E-state index in [0.29, 0.717) is 0 Å². The van der Waals surface area contributed by atoms with E-state index in [2.05, 4.69) is 297 Å². The van der Waals surface area contributed by atoms with Gasteiger partial charge in [0.2, 0.25) is 0 Å². The van der Waals surface area contributed by atoms with E-state index in [1.807, 2.05) is 0 Å². The molecule has 406 valence electrons. The fourth-order valence-electron chi connectivity index (χ4n) is 14.4. The Labute approximate surface area is 483 Å². The van der Waals surface area contributed by atoms with Gasteiger partial charge in [-0.15, -0.1) is 0 Å². The predicted octanol–water partition coefficient (Wildman–Crippen LogP) is 19.3. The van der Waals surface area contributed by atoms with Gasteiger partial charge in [0.15, 0.2) is 0 Å². The van der Waals surface area contributed by atoms with Gasteiger partial charge in [-0.3, -0.25) is 0 Å². The monoisotopic (exact) mass is 1060 g/mol. The summed E-state index contributed by atoms with van der Waals surface area (Å²) in [7, 11) is 0. The fourth-order valence-corrected chi connectivity index (χ4v) is 14.4. The summed E-state index contributed by atoms with van der Waals surface area (Å²) in [5.74, 6) is 0. The van der Waals surface area contributed by atoms with E-state index in [1.54, 1.807) is 0 Å². The summed E-state index contributed by atoms with van der Waals surface area (Å²) in [6, 6.07) is 62.1. The minimum Gasteiger partial charge on any atom is -0.311 e. The molecular weight excluding hydrogens is 978 g/mol. The average Bonchev–Trinajstić information content (AvgIpc) is 2.78. The third kappa shape index (κ3) is 8.04. The van der Waals surface area contributed by atoms with Crippen LogP contribution in [0, 0.1) is 27.7 Å². The first kappa shape index (κ1) is 52.8. The van der Waals surface area contributed by atoms with E-state index >= 15 is 0 Å². The molecule has 13 rings (SSSR count). The zero-order valence-corrected chi connectivity index (χ0v) is 51.4. The van der Waals surface area contributed by atoms with E-state index in [4.69, 9.17) is 0 Å². The molecule has 0 unspecified atom stereocenters. The molecule has 10 aromatic rings. The summed E-state index contributed by atoms with van der Waals surface area (Å²) in [5, 5.41) is 2.56. The quantitative estimate of drug-likeness (QED) is 0.163. The number of para-hydroxylation sites is 1. The first-order chi connectivity index (χ1) is 38.1. The Balaban J connectivity index is 1.18. The summed E-state index contributed by atoms with van der Waals surface area (Å²) in [4.78, 5) is 5.40. The Kier molecular flexibility index (Phi) is 11.6. The maximum absolute atomic E-state index is 2.72.